The fourth-order valence-corrected chi connectivity index (χ4v) is 1.92. The summed E-state index contributed by atoms with van der Waals surface area (Å²) in [5.41, 5.74) is 1.29. The van der Waals surface area contributed by atoms with Gasteiger partial charge >= 0.3 is 12.0 Å². The van der Waals surface area contributed by atoms with E-state index in [-0.39, 0.29) is 11.6 Å². The lowest BCUT2D eigenvalue weighted by Crippen LogP contribution is -2.37. The molecule has 0 fully saturated rings. The van der Waals surface area contributed by atoms with Crippen LogP contribution in [0.2, 0.25) is 0 Å². The number of benzene rings is 1. The zero-order valence-corrected chi connectivity index (χ0v) is 11.8. The van der Waals surface area contributed by atoms with Crippen LogP contribution in [0, 0.1) is 0 Å². The zero-order valence-electron chi connectivity index (χ0n) is 11.8. The average Bonchev–Trinajstić information content (AvgIpc) is 2.89. The van der Waals surface area contributed by atoms with Crippen LogP contribution in [0.3, 0.4) is 0 Å². The molecular weight excluding hydrogens is 272 g/mol. The van der Waals surface area contributed by atoms with Crippen molar-refractivity contribution in [3.05, 3.63) is 47.8 Å². The van der Waals surface area contributed by atoms with Crippen molar-refractivity contribution >= 4 is 17.7 Å². The number of para-hydroxylation sites is 1. The highest BCUT2D eigenvalue weighted by molar-refractivity contribution is 6.01. The molecular formula is C14H16N4O3. The average molecular weight is 288 g/mol. The zero-order chi connectivity index (χ0) is 15.4. The van der Waals surface area contributed by atoms with Crippen molar-refractivity contribution < 1.29 is 14.7 Å². The van der Waals surface area contributed by atoms with E-state index in [4.69, 9.17) is 5.11 Å². The number of urea groups is 1. The first-order valence-electron chi connectivity index (χ1n) is 6.30. The van der Waals surface area contributed by atoms with Crippen LogP contribution < -0.4 is 10.2 Å². The third-order valence-corrected chi connectivity index (χ3v) is 3.00. The molecule has 0 unspecified atom stereocenters. The summed E-state index contributed by atoms with van der Waals surface area (Å²) in [6.45, 7) is 0.326. The van der Waals surface area contributed by atoms with Crippen LogP contribution >= 0.6 is 0 Å². The third kappa shape index (κ3) is 3.38. The van der Waals surface area contributed by atoms with E-state index in [1.807, 2.05) is 0 Å². The lowest BCUT2D eigenvalue weighted by Gasteiger charge is -2.19. The van der Waals surface area contributed by atoms with Crippen molar-refractivity contribution in [2.75, 3.05) is 11.9 Å². The summed E-state index contributed by atoms with van der Waals surface area (Å²) >= 11 is 0. The maximum Gasteiger partial charge on any atom is 0.337 e. The van der Waals surface area contributed by atoms with E-state index < -0.39 is 5.97 Å². The molecule has 110 valence electrons. The largest absolute Gasteiger partial charge is 0.478 e. The molecule has 0 atom stereocenters. The van der Waals surface area contributed by atoms with Crippen LogP contribution in [0.1, 0.15) is 15.9 Å². The Hall–Kier alpha value is -2.83. The van der Waals surface area contributed by atoms with Gasteiger partial charge in [-0.2, -0.15) is 5.10 Å². The lowest BCUT2D eigenvalue weighted by atomic mass is 10.1. The molecule has 21 heavy (non-hydrogen) atoms. The van der Waals surface area contributed by atoms with Gasteiger partial charge in [-0.05, 0) is 12.1 Å². The second kappa shape index (κ2) is 6.08. The number of hydrogen-bond donors (Lipinski definition) is 2. The number of nitrogens with one attached hydrogen (secondary N) is 1. The Morgan fingerprint density at radius 1 is 1.38 bits per heavy atom. The number of carboxylic acids is 1. The van der Waals surface area contributed by atoms with Crippen LogP contribution in [0.5, 0.6) is 0 Å². The maximum absolute atomic E-state index is 12.1. The molecule has 1 aromatic heterocycles. The monoisotopic (exact) mass is 288 g/mol. The molecule has 0 spiro atoms. The summed E-state index contributed by atoms with van der Waals surface area (Å²) in [6, 6.07) is 5.98. The number of aromatic carboxylic acids is 1. The van der Waals surface area contributed by atoms with Gasteiger partial charge in [-0.25, -0.2) is 9.59 Å². The molecule has 7 nitrogen and oxygen atoms in total. The Labute approximate surface area is 121 Å². The molecule has 1 heterocycles. The summed E-state index contributed by atoms with van der Waals surface area (Å²) in [4.78, 5) is 24.5. The Balaban J connectivity index is 2.07. The van der Waals surface area contributed by atoms with Crippen LogP contribution in [-0.4, -0.2) is 33.9 Å². The van der Waals surface area contributed by atoms with Gasteiger partial charge in [0.1, 0.15) is 0 Å². The number of carbonyl (C=O) groups excluding carboxylic acids is 1. The van der Waals surface area contributed by atoms with Crippen LogP contribution in [0.25, 0.3) is 0 Å². The SMILES string of the molecule is CN(C(=O)NCc1cnn(C)c1)c1ccccc1C(=O)O. The van der Waals surface area contributed by atoms with Crippen molar-refractivity contribution in [3.8, 4) is 0 Å². The highest BCUT2D eigenvalue weighted by atomic mass is 16.4. The van der Waals surface area contributed by atoms with E-state index in [0.29, 0.717) is 12.2 Å². The molecule has 0 saturated carbocycles. The fourth-order valence-electron chi connectivity index (χ4n) is 1.92. The number of hydrogen-bond acceptors (Lipinski definition) is 3. The molecule has 0 bridgehead atoms. The van der Waals surface area contributed by atoms with Crippen molar-refractivity contribution in [3.63, 3.8) is 0 Å². The first-order chi connectivity index (χ1) is 9.99. The number of aromatic nitrogens is 2. The quantitative estimate of drug-likeness (QED) is 0.891. The number of rotatable bonds is 4. The Morgan fingerprint density at radius 3 is 2.71 bits per heavy atom. The maximum atomic E-state index is 12.1. The standard InChI is InChI=1S/C14H16N4O3/c1-17-9-10(8-16-17)7-15-14(21)18(2)12-6-4-3-5-11(12)13(19)20/h3-6,8-9H,7H2,1-2H3,(H,15,21)(H,19,20). The summed E-state index contributed by atoms with van der Waals surface area (Å²) in [5.74, 6) is -1.07. The first-order valence-corrected chi connectivity index (χ1v) is 6.30. The minimum Gasteiger partial charge on any atom is -0.478 e. The molecule has 0 aliphatic rings. The minimum atomic E-state index is -1.07. The highest BCUT2D eigenvalue weighted by Gasteiger charge is 2.17. The van der Waals surface area contributed by atoms with Gasteiger partial charge < -0.3 is 10.4 Å². The molecule has 2 aromatic rings. The van der Waals surface area contributed by atoms with Crippen LogP contribution in [0.4, 0.5) is 10.5 Å². The van der Waals surface area contributed by atoms with Crippen molar-refractivity contribution in [2.24, 2.45) is 7.05 Å². The van der Waals surface area contributed by atoms with Crippen molar-refractivity contribution in [1.82, 2.24) is 15.1 Å². The number of carboxylic acid groups (broad SMARTS) is 1. The minimum absolute atomic E-state index is 0.0801. The van der Waals surface area contributed by atoms with Gasteiger partial charge in [0.2, 0.25) is 0 Å². The molecule has 7 heteroatoms. The number of amides is 2. The molecule has 0 saturated heterocycles. The number of aryl methyl sites for hydroxylation is 1. The van der Waals surface area contributed by atoms with Crippen LogP contribution in [0.15, 0.2) is 36.7 Å². The van der Waals surface area contributed by atoms with Gasteiger partial charge in [-0.3, -0.25) is 9.58 Å². The smallest absolute Gasteiger partial charge is 0.337 e. The van der Waals surface area contributed by atoms with Crippen molar-refractivity contribution in [1.29, 1.82) is 0 Å². The predicted octanol–water partition coefficient (Wildman–Crippen LogP) is 1.46. The Morgan fingerprint density at radius 2 is 2.10 bits per heavy atom. The van der Waals surface area contributed by atoms with E-state index in [1.54, 1.807) is 42.3 Å². The van der Waals surface area contributed by atoms with E-state index in [9.17, 15) is 9.59 Å². The topological polar surface area (TPSA) is 87.5 Å². The molecule has 0 aliphatic heterocycles. The number of nitrogens with zero attached hydrogens (tertiary/aromatic N) is 3. The molecule has 1 aromatic carbocycles. The second-order valence-corrected chi connectivity index (χ2v) is 4.56. The summed E-state index contributed by atoms with van der Waals surface area (Å²) in [6.07, 6.45) is 3.46. The van der Waals surface area contributed by atoms with Gasteiger partial charge in [0.15, 0.2) is 0 Å². The van der Waals surface area contributed by atoms with Gasteiger partial charge in [0.25, 0.3) is 0 Å². The second-order valence-electron chi connectivity index (χ2n) is 4.56. The molecule has 0 radical (unpaired) electrons. The Kier molecular flexibility index (Phi) is 4.22. The first kappa shape index (κ1) is 14.6. The van der Waals surface area contributed by atoms with Crippen molar-refractivity contribution in [2.45, 2.75) is 6.54 Å². The summed E-state index contributed by atoms with van der Waals surface area (Å²) in [7, 11) is 3.32. The Bertz CT molecular complexity index is 666. The molecule has 2 N–H and O–H groups in total. The summed E-state index contributed by atoms with van der Waals surface area (Å²) < 4.78 is 1.64. The van der Waals surface area contributed by atoms with E-state index in [0.717, 1.165) is 5.56 Å². The number of carbonyl (C=O) groups is 2. The number of anilines is 1. The van der Waals surface area contributed by atoms with Crippen LogP contribution in [-0.2, 0) is 13.6 Å². The lowest BCUT2D eigenvalue weighted by molar-refractivity contribution is 0.0697. The molecule has 0 aliphatic carbocycles. The van der Waals surface area contributed by atoms with E-state index >= 15 is 0 Å². The highest BCUT2D eigenvalue weighted by Crippen LogP contribution is 2.19. The molecule has 2 rings (SSSR count). The third-order valence-electron chi connectivity index (χ3n) is 3.00. The van der Waals surface area contributed by atoms with E-state index in [2.05, 4.69) is 10.4 Å². The van der Waals surface area contributed by atoms with Gasteiger partial charge in [0, 0.05) is 32.4 Å². The van der Waals surface area contributed by atoms with Gasteiger partial charge in [-0.1, -0.05) is 12.1 Å². The predicted molar refractivity (Wildman–Crippen MR) is 77.2 cm³/mol. The van der Waals surface area contributed by atoms with Gasteiger partial charge in [0.05, 0.1) is 17.4 Å². The molecule has 2 amide bonds. The summed E-state index contributed by atoms with van der Waals surface area (Å²) in [5, 5.41) is 15.9. The van der Waals surface area contributed by atoms with E-state index in [1.165, 1.54) is 18.0 Å². The fraction of sp³-hybridized carbons (Fsp3) is 0.214. The van der Waals surface area contributed by atoms with Gasteiger partial charge in [-0.15, -0.1) is 0 Å². The normalized spacial score (nSPS) is 10.2.